The maximum Gasteiger partial charge on any atom is 0.131 e. The van der Waals surface area contributed by atoms with E-state index in [4.69, 9.17) is 0 Å². The zero-order chi connectivity index (χ0) is 12.4. The summed E-state index contributed by atoms with van der Waals surface area (Å²) in [6.07, 6.45) is 0. The summed E-state index contributed by atoms with van der Waals surface area (Å²) in [6.45, 7) is 7.42. The van der Waals surface area contributed by atoms with Crippen molar-refractivity contribution >= 4 is 5.82 Å². The summed E-state index contributed by atoms with van der Waals surface area (Å²) in [7, 11) is 6.21. The lowest BCUT2D eigenvalue weighted by Crippen LogP contribution is -2.45. The summed E-state index contributed by atoms with van der Waals surface area (Å²) in [6, 6.07) is 0. The van der Waals surface area contributed by atoms with Crippen LogP contribution in [0.4, 0.5) is 5.82 Å². The van der Waals surface area contributed by atoms with E-state index in [1.165, 1.54) is 11.4 Å². The molecule has 1 fully saturated rings. The first-order valence-electron chi connectivity index (χ1n) is 6.24. The Hall–Kier alpha value is -1.07. The third-order valence-corrected chi connectivity index (χ3v) is 3.47. The minimum absolute atomic E-state index is 0.890. The Labute approximate surface area is 103 Å². The third kappa shape index (κ3) is 2.45. The van der Waals surface area contributed by atoms with Crippen LogP contribution in [-0.2, 0) is 13.6 Å². The van der Waals surface area contributed by atoms with Crippen LogP contribution in [0.2, 0.25) is 0 Å². The normalized spacial score (nSPS) is 17.8. The molecule has 5 nitrogen and oxygen atoms in total. The van der Waals surface area contributed by atoms with E-state index in [-0.39, 0.29) is 0 Å². The van der Waals surface area contributed by atoms with Gasteiger partial charge in [0.25, 0.3) is 0 Å². The van der Waals surface area contributed by atoms with Crippen LogP contribution in [-0.4, -0.2) is 55.0 Å². The molecule has 0 bridgehead atoms. The van der Waals surface area contributed by atoms with Crippen LogP contribution in [0.3, 0.4) is 0 Å². The Morgan fingerprint density at radius 1 is 1.18 bits per heavy atom. The maximum absolute atomic E-state index is 4.55. The fourth-order valence-electron chi connectivity index (χ4n) is 2.49. The number of piperazine rings is 1. The number of anilines is 1. The molecule has 0 spiro atoms. The zero-order valence-corrected chi connectivity index (χ0v) is 11.3. The quantitative estimate of drug-likeness (QED) is 0.815. The fraction of sp³-hybridized carbons (Fsp3) is 0.750. The number of hydrogen-bond donors (Lipinski definition) is 1. The molecule has 2 heterocycles. The van der Waals surface area contributed by atoms with E-state index in [1.807, 2.05) is 18.8 Å². The molecular formula is C12H23N5. The van der Waals surface area contributed by atoms with E-state index in [9.17, 15) is 0 Å². The highest BCUT2D eigenvalue weighted by Crippen LogP contribution is 2.23. The van der Waals surface area contributed by atoms with Gasteiger partial charge < -0.3 is 15.1 Å². The van der Waals surface area contributed by atoms with Crippen molar-refractivity contribution in [3.63, 3.8) is 0 Å². The second-order valence-corrected chi connectivity index (χ2v) is 4.83. The molecule has 0 saturated carbocycles. The van der Waals surface area contributed by atoms with Gasteiger partial charge in [-0.2, -0.15) is 5.10 Å². The van der Waals surface area contributed by atoms with Gasteiger partial charge in [0.1, 0.15) is 5.82 Å². The van der Waals surface area contributed by atoms with Gasteiger partial charge in [-0.15, -0.1) is 0 Å². The molecule has 0 unspecified atom stereocenters. The number of nitrogens with zero attached hydrogens (tertiary/aromatic N) is 4. The summed E-state index contributed by atoms with van der Waals surface area (Å²) >= 11 is 0. The first kappa shape index (κ1) is 12.4. The fourth-order valence-corrected chi connectivity index (χ4v) is 2.49. The molecule has 1 aromatic heterocycles. The van der Waals surface area contributed by atoms with Gasteiger partial charge in [0.2, 0.25) is 0 Å². The first-order valence-corrected chi connectivity index (χ1v) is 6.24. The lowest BCUT2D eigenvalue weighted by Gasteiger charge is -2.34. The van der Waals surface area contributed by atoms with Gasteiger partial charge in [-0.25, -0.2) is 0 Å². The molecule has 5 heteroatoms. The molecule has 0 atom stereocenters. The molecule has 1 saturated heterocycles. The van der Waals surface area contributed by atoms with Crippen molar-refractivity contribution in [2.45, 2.75) is 13.5 Å². The number of aryl methyl sites for hydroxylation is 2. The van der Waals surface area contributed by atoms with Crippen LogP contribution in [0.1, 0.15) is 11.3 Å². The van der Waals surface area contributed by atoms with Crippen molar-refractivity contribution in [1.29, 1.82) is 0 Å². The molecular weight excluding hydrogens is 214 g/mol. The Morgan fingerprint density at radius 3 is 2.41 bits per heavy atom. The first-order chi connectivity index (χ1) is 8.13. The highest BCUT2D eigenvalue weighted by molar-refractivity contribution is 5.50. The predicted molar refractivity (Wildman–Crippen MR) is 70.4 cm³/mol. The van der Waals surface area contributed by atoms with Gasteiger partial charge >= 0.3 is 0 Å². The van der Waals surface area contributed by atoms with Crippen molar-refractivity contribution < 1.29 is 0 Å². The van der Waals surface area contributed by atoms with Crippen molar-refractivity contribution in [1.82, 2.24) is 20.0 Å². The number of nitrogens with one attached hydrogen (secondary N) is 1. The van der Waals surface area contributed by atoms with Crippen LogP contribution in [0, 0.1) is 6.92 Å². The summed E-state index contributed by atoms with van der Waals surface area (Å²) < 4.78 is 2.02. The van der Waals surface area contributed by atoms with Crippen LogP contribution in [0.5, 0.6) is 0 Å². The minimum Gasteiger partial charge on any atom is -0.354 e. The smallest absolute Gasteiger partial charge is 0.131 e. The van der Waals surface area contributed by atoms with Crippen LogP contribution >= 0.6 is 0 Å². The largest absolute Gasteiger partial charge is 0.354 e. The van der Waals surface area contributed by atoms with Gasteiger partial charge in [0.15, 0.2) is 0 Å². The average molecular weight is 237 g/mol. The minimum atomic E-state index is 0.890. The molecule has 2 rings (SSSR count). The van der Waals surface area contributed by atoms with E-state index in [1.54, 1.807) is 0 Å². The van der Waals surface area contributed by atoms with Crippen LogP contribution in [0.15, 0.2) is 0 Å². The Kier molecular flexibility index (Phi) is 3.69. The lowest BCUT2D eigenvalue weighted by molar-refractivity contribution is 0.310. The van der Waals surface area contributed by atoms with Gasteiger partial charge in [0.05, 0.1) is 5.69 Å². The molecule has 1 aromatic rings. The molecule has 17 heavy (non-hydrogen) atoms. The zero-order valence-electron chi connectivity index (χ0n) is 11.3. The molecule has 0 amide bonds. The van der Waals surface area contributed by atoms with Gasteiger partial charge in [-0.1, -0.05) is 0 Å². The number of likely N-dealkylation sites (N-methyl/N-ethyl adjacent to an activating group) is 1. The highest BCUT2D eigenvalue weighted by atomic mass is 15.4. The van der Waals surface area contributed by atoms with Crippen LogP contribution in [0.25, 0.3) is 0 Å². The van der Waals surface area contributed by atoms with Crippen molar-refractivity contribution in [3.8, 4) is 0 Å². The van der Waals surface area contributed by atoms with E-state index < -0.39 is 0 Å². The van der Waals surface area contributed by atoms with Gasteiger partial charge in [-0.05, 0) is 21.0 Å². The second kappa shape index (κ2) is 5.06. The molecule has 96 valence electrons. The molecule has 0 aliphatic carbocycles. The van der Waals surface area contributed by atoms with Crippen molar-refractivity contribution in [3.05, 3.63) is 11.3 Å². The van der Waals surface area contributed by atoms with Gasteiger partial charge in [0, 0.05) is 45.3 Å². The summed E-state index contributed by atoms with van der Waals surface area (Å²) in [5.74, 6) is 1.28. The second-order valence-electron chi connectivity index (χ2n) is 4.83. The average Bonchev–Trinajstić information content (AvgIpc) is 2.56. The van der Waals surface area contributed by atoms with Gasteiger partial charge in [-0.3, -0.25) is 4.68 Å². The number of hydrogen-bond acceptors (Lipinski definition) is 4. The van der Waals surface area contributed by atoms with Crippen molar-refractivity contribution in [2.75, 3.05) is 45.2 Å². The Bertz CT molecular complexity index is 376. The number of rotatable bonds is 3. The standard InChI is InChI=1S/C12H23N5/c1-10-11(9-13-2)12(16(4)14-10)17-7-5-15(3)6-8-17/h13H,5-9H2,1-4H3. The van der Waals surface area contributed by atoms with Crippen molar-refractivity contribution in [2.24, 2.45) is 7.05 Å². The van der Waals surface area contributed by atoms with E-state index in [0.29, 0.717) is 0 Å². The third-order valence-electron chi connectivity index (χ3n) is 3.47. The molecule has 1 aliphatic rings. The van der Waals surface area contributed by atoms with E-state index in [2.05, 4.69) is 34.2 Å². The van der Waals surface area contributed by atoms with Crippen LogP contribution < -0.4 is 10.2 Å². The van der Waals surface area contributed by atoms with E-state index >= 15 is 0 Å². The predicted octanol–water partition coefficient (Wildman–Crippen LogP) is 0.200. The Balaban J connectivity index is 2.24. The van der Waals surface area contributed by atoms with E-state index in [0.717, 1.165) is 38.4 Å². The monoisotopic (exact) mass is 237 g/mol. The molecule has 1 aliphatic heterocycles. The topological polar surface area (TPSA) is 36.3 Å². The molecule has 0 aromatic carbocycles. The summed E-state index contributed by atoms with van der Waals surface area (Å²) in [5.41, 5.74) is 2.47. The highest BCUT2D eigenvalue weighted by Gasteiger charge is 2.21. The molecule has 0 radical (unpaired) electrons. The number of aromatic nitrogens is 2. The maximum atomic E-state index is 4.55. The Morgan fingerprint density at radius 2 is 1.82 bits per heavy atom. The SMILES string of the molecule is CNCc1c(C)nn(C)c1N1CCN(C)CC1. The summed E-state index contributed by atoms with van der Waals surface area (Å²) in [5, 5.41) is 7.78. The summed E-state index contributed by atoms with van der Waals surface area (Å²) in [4.78, 5) is 4.82. The lowest BCUT2D eigenvalue weighted by atomic mass is 10.2. The molecule has 1 N–H and O–H groups in total.